The van der Waals surface area contributed by atoms with E-state index >= 15 is 0 Å². The van der Waals surface area contributed by atoms with Crippen LogP contribution in [0.25, 0.3) is 0 Å². The molecule has 0 bridgehead atoms. The molecule has 0 radical (unpaired) electrons. The normalized spacial score (nSPS) is 13.8. The number of nitrogens with zero attached hydrogens (tertiary/aromatic N) is 1. The van der Waals surface area contributed by atoms with E-state index in [1.54, 1.807) is 0 Å². The molecule has 0 aliphatic carbocycles. The number of esters is 2. The summed E-state index contributed by atoms with van der Waals surface area (Å²) in [4.78, 5) is 35.5. The molecule has 0 aromatic heterocycles. The number of hydrogen-bond donors (Lipinski definition) is 1. The molecular weight excluding hydrogens is 810 g/mol. The summed E-state index contributed by atoms with van der Waals surface area (Å²) < 4.78 is 34.4. The van der Waals surface area contributed by atoms with Gasteiger partial charge in [0.25, 0.3) is 0 Å². The standard InChI is InChI=1S/C53H98NO8P/c1-6-8-10-12-14-16-18-20-22-24-25-26-27-28-30-31-33-35-37-39-41-43-45-52(55)59-49-51(50-61-63(57,58)60-48-47-54(3,4)5)62-53(56)46-44-42-40-38-36-34-32-29-23-21-19-17-15-13-11-9-7-2/h15,17,21,23,32,34,38,40,51H,6-14,16,18-20,22,24-31,33,35-37,39,41-50H2,1-5H3/p+1/b17-15+,23-21+,34-32+,40-38+/t51-/m1/s1. The summed E-state index contributed by atoms with van der Waals surface area (Å²) in [5.74, 6) is -0.857. The van der Waals surface area contributed by atoms with Gasteiger partial charge in [0.05, 0.1) is 27.7 Å². The highest BCUT2D eigenvalue weighted by Crippen LogP contribution is 2.43. The van der Waals surface area contributed by atoms with Crippen LogP contribution < -0.4 is 0 Å². The number of quaternary nitrogens is 1. The molecule has 0 rings (SSSR count). The third-order valence-electron chi connectivity index (χ3n) is 11.1. The summed E-state index contributed by atoms with van der Waals surface area (Å²) >= 11 is 0. The van der Waals surface area contributed by atoms with Crippen LogP contribution in [0.2, 0.25) is 0 Å². The molecule has 0 spiro atoms. The molecule has 0 aliphatic rings. The quantitative estimate of drug-likeness (QED) is 0.0211. The molecular formula is C53H99NO8P+. The van der Waals surface area contributed by atoms with Gasteiger partial charge in [-0.15, -0.1) is 0 Å². The van der Waals surface area contributed by atoms with Gasteiger partial charge in [-0.2, -0.15) is 0 Å². The Morgan fingerprint density at radius 1 is 0.492 bits per heavy atom. The molecule has 0 aliphatic heterocycles. The maximum Gasteiger partial charge on any atom is 0.472 e. The Balaban J connectivity index is 4.28. The minimum atomic E-state index is -4.39. The van der Waals surface area contributed by atoms with E-state index in [0.29, 0.717) is 17.4 Å². The number of phosphoric ester groups is 1. The molecule has 0 saturated heterocycles. The smallest absolute Gasteiger partial charge is 0.462 e. The Labute approximate surface area is 388 Å². The van der Waals surface area contributed by atoms with Crippen molar-refractivity contribution in [1.82, 2.24) is 0 Å². The van der Waals surface area contributed by atoms with Gasteiger partial charge in [0.15, 0.2) is 6.10 Å². The van der Waals surface area contributed by atoms with E-state index in [-0.39, 0.29) is 32.0 Å². The Bertz CT molecular complexity index is 1210. The summed E-state index contributed by atoms with van der Waals surface area (Å²) in [7, 11) is 1.45. The maximum atomic E-state index is 12.7. The van der Waals surface area contributed by atoms with Crippen LogP contribution >= 0.6 is 7.82 Å². The summed E-state index contributed by atoms with van der Waals surface area (Å²) in [5, 5.41) is 0. The molecule has 9 nitrogen and oxygen atoms in total. The number of rotatable bonds is 47. The van der Waals surface area contributed by atoms with Gasteiger partial charge in [0.1, 0.15) is 19.8 Å². The first-order valence-electron chi connectivity index (χ1n) is 25.9. The second-order valence-corrected chi connectivity index (χ2v) is 20.0. The Kier molecular flexibility index (Phi) is 43.7. The summed E-state index contributed by atoms with van der Waals surface area (Å²) in [5.41, 5.74) is 0. The summed E-state index contributed by atoms with van der Waals surface area (Å²) in [6.07, 6.45) is 54.6. The van der Waals surface area contributed by atoms with Crippen molar-refractivity contribution in [2.75, 3.05) is 47.5 Å². The molecule has 1 unspecified atom stereocenters. The van der Waals surface area contributed by atoms with Gasteiger partial charge in [-0.3, -0.25) is 18.6 Å². The van der Waals surface area contributed by atoms with E-state index in [4.69, 9.17) is 18.5 Å². The number of hydrogen-bond acceptors (Lipinski definition) is 7. The number of likely N-dealkylation sites (N-methyl/N-ethyl adjacent to an activating group) is 1. The first-order valence-corrected chi connectivity index (χ1v) is 27.4. The maximum absolute atomic E-state index is 12.7. The zero-order valence-corrected chi connectivity index (χ0v) is 42.5. The number of unbranched alkanes of at least 4 members (excludes halogenated alkanes) is 25. The van der Waals surface area contributed by atoms with Crippen molar-refractivity contribution in [2.24, 2.45) is 0 Å². The van der Waals surface area contributed by atoms with E-state index in [1.807, 2.05) is 21.1 Å². The number of carbonyl (C=O) groups excluding carboxylic acids is 2. The minimum Gasteiger partial charge on any atom is -0.462 e. The number of ether oxygens (including phenoxy) is 2. The van der Waals surface area contributed by atoms with Crippen LogP contribution in [0, 0.1) is 0 Å². The van der Waals surface area contributed by atoms with Crippen molar-refractivity contribution in [2.45, 2.75) is 232 Å². The molecule has 0 aromatic rings. The number of allylic oxidation sites excluding steroid dienone is 8. The fourth-order valence-corrected chi connectivity index (χ4v) is 7.81. The van der Waals surface area contributed by atoms with Crippen LogP contribution in [0.1, 0.15) is 226 Å². The van der Waals surface area contributed by atoms with E-state index in [0.717, 1.165) is 44.9 Å². The molecule has 368 valence electrons. The van der Waals surface area contributed by atoms with E-state index < -0.39 is 26.5 Å². The molecule has 0 saturated carbocycles. The van der Waals surface area contributed by atoms with Crippen LogP contribution in [0.3, 0.4) is 0 Å². The highest BCUT2D eigenvalue weighted by molar-refractivity contribution is 7.47. The monoisotopic (exact) mass is 909 g/mol. The Morgan fingerprint density at radius 3 is 1.32 bits per heavy atom. The summed E-state index contributed by atoms with van der Waals surface area (Å²) in [6, 6.07) is 0. The predicted molar refractivity (Wildman–Crippen MR) is 266 cm³/mol. The van der Waals surface area contributed by atoms with Crippen molar-refractivity contribution in [3.05, 3.63) is 48.6 Å². The van der Waals surface area contributed by atoms with E-state index in [9.17, 15) is 19.0 Å². The predicted octanol–water partition coefficient (Wildman–Crippen LogP) is 15.4. The van der Waals surface area contributed by atoms with Gasteiger partial charge in [0, 0.05) is 12.8 Å². The molecule has 0 fully saturated rings. The largest absolute Gasteiger partial charge is 0.472 e. The highest BCUT2D eigenvalue weighted by atomic mass is 31.2. The van der Waals surface area contributed by atoms with Crippen LogP contribution in [-0.2, 0) is 32.7 Å². The second-order valence-electron chi connectivity index (χ2n) is 18.6. The van der Waals surface area contributed by atoms with Gasteiger partial charge in [-0.25, -0.2) is 4.57 Å². The molecule has 0 heterocycles. The zero-order chi connectivity index (χ0) is 46.4. The van der Waals surface area contributed by atoms with Crippen molar-refractivity contribution >= 4 is 19.8 Å². The lowest BCUT2D eigenvalue weighted by atomic mass is 10.0. The van der Waals surface area contributed by atoms with Crippen molar-refractivity contribution in [1.29, 1.82) is 0 Å². The lowest BCUT2D eigenvalue weighted by molar-refractivity contribution is -0.870. The number of carbonyl (C=O) groups is 2. The van der Waals surface area contributed by atoms with E-state index in [1.165, 1.54) is 148 Å². The van der Waals surface area contributed by atoms with Crippen LogP contribution in [-0.4, -0.2) is 74.9 Å². The minimum absolute atomic E-state index is 0.0216. The Morgan fingerprint density at radius 2 is 0.873 bits per heavy atom. The van der Waals surface area contributed by atoms with Gasteiger partial charge >= 0.3 is 19.8 Å². The van der Waals surface area contributed by atoms with Crippen LogP contribution in [0.4, 0.5) is 0 Å². The zero-order valence-electron chi connectivity index (χ0n) is 41.6. The molecule has 1 N–H and O–H groups in total. The third kappa shape index (κ3) is 49.2. The van der Waals surface area contributed by atoms with Crippen molar-refractivity contribution in [3.8, 4) is 0 Å². The average Bonchev–Trinajstić information content (AvgIpc) is 3.24. The van der Waals surface area contributed by atoms with Crippen molar-refractivity contribution < 1.29 is 42.1 Å². The summed E-state index contributed by atoms with van der Waals surface area (Å²) in [6.45, 7) is 4.36. The highest BCUT2D eigenvalue weighted by Gasteiger charge is 2.27. The van der Waals surface area contributed by atoms with Crippen LogP contribution in [0.5, 0.6) is 0 Å². The lowest BCUT2D eigenvalue weighted by Gasteiger charge is -2.24. The Hall–Kier alpha value is -2.03. The second kappa shape index (κ2) is 45.1. The average molecular weight is 909 g/mol. The fraction of sp³-hybridized carbons (Fsp3) is 0.811. The molecule has 63 heavy (non-hydrogen) atoms. The van der Waals surface area contributed by atoms with Gasteiger partial charge in [-0.1, -0.05) is 210 Å². The molecule has 2 atom stereocenters. The first-order chi connectivity index (χ1) is 30.5. The van der Waals surface area contributed by atoms with E-state index in [2.05, 4.69) is 62.5 Å². The van der Waals surface area contributed by atoms with Gasteiger partial charge in [0.2, 0.25) is 0 Å². The van der Waals surface area contributed by atoms with Gasteiger partial charge < -0.3 is 18.9 Å². The number of phosphoric acid groups is 1. The van der Waals surface area contributed by atoms with Gasteiger partial charge in [-0.05, 0) is 51.4 Å². The van der Waals surface area contributed by atoms with Crippen molar-refractivity contribution in [3.63, 3.8) is 0 Å². The molecule has 0 aromatic carbocycles. The molecule has 10 heteroatoms. The third-order valence-corrected chi connectivity index (χ3v) is 12.1. The van der Waals surface area contributed by atoms with Crippen LogP contribution in [0.15, 0.2) is 48.6 Å². The lowest BCUT2D eigenvalue weighted by Crippen LogP contribution is -2.37. The first kappa shape index (κ1) is 61.0. The molecule has 0 amide bonds. The SMILES string of the molecule is CCCCC/C=C/C/C=C/C/C=C/C/C=C/CCCC(=O)O[C@H](COC(=O)CCCCCCCCCCCCCCCCCCCCCCCC)COP(=O)(O)OCC[N+](C)(C)C. The topological polar surface area (TPSA) is 108 Å². The fourth-order valence-electron chi connectivity index (χ4n) is 7.07.